The highest BCUT2D eigenvalue weighted by Crippen LogP contribution is 2.24. The summed E-state index contributed by atoms with van der Waals surface area (Å²) >= 11 is 9.23. The topological polar surface area (TPSA) is 58.6 Å². The maximum atomic E-state index is 12.2. The average molecular weight is 434 g/mol. The van der Waals surface area contributed by atoms with E-state index in [1.807, 2.05) is 0 Å². The van der Waals surface area contributed by atoms with Crippen LogP contribution in [0.4, 0.5) is 0 Å². The molecule has 126 valence electrons. The lowest BCUT2D eigenvalue weighted by Gasteiger charge is -2.26. The van der Waals surface area contributed by atoms with Gasteiger partial charge in [-0.3, -0.25) is 4.90 Å². The molecule has 0 bridgehead atoms. The van der Waals surface area contributed by atoms with Gasteiger partial charge in [-0.05, 0) is 31.2 Å². The van der Waals surface area contributed by atoms with E-state index in [0.29, 0.717) is 6.54 Å². The molecule has 0 saturated carbocycles. The number of ether oxygens (including phenoxy) is 1. The molecule has 2 rings (SSSR count). The van der Waals surface area contributed by atoms with Crippen LogP contribution in [0.1, 0.15) is 6.42 Å². The van der Waals surface area contributed by atoms with E-state index in [1.165, 1.54) is 6.07 Å². The molecule has 22 heavy (non-hydrogen) atoms. The smallest absolute Gasteiger partial charge is 0.242 e. The minimum atomic E-state index is -3.56. The van der Waals surface area contributed by atoms with Crippen LogP contribution >= 0.6 is 39.9 Å². The fraction of sp³-hybridized carbons (Fsp3) is 0.538. The zero-order valence-corrected chi connectivity index (χ0v) is 15.9. The maximum absolute atomic E-state index is 12.2. The number of sulfonamides is 1. The molecule has 9 heteroatoms. The first kappa shape index (κ1) is 20.2. The molecule has 1 saturated heterocycles. The number of rotatable bonds is 6. The lowest BCUT2D eigenvalue weighted by atomic mass is 10.3. The van der Waals surface area contributed by atoms with Gasteiger partial charge in [0, 0.05) is 24.1 Å². The number of benzene rings is 1. The first-order valence-corrected chi connectivity index (χ1v) is 9.39. The summed E-state index contributed by atoms with van der Waals surface area (Å²) < 4.78 is 32.9. The predicted molar refractivity (Wildman–Crippen MR) is 93.5 cm³/mol. The summed E-state index contributed by atoms with van der Waals surface area (Å²) in [6.45, 7) is 4.57. The van der Waals surface area contributed by atoms with Crippen LogP contribution in [0.15, 0.2) is 27.6 Å². The van der Waals surface area contributed by atoms with E-state index >= 15 is 0 Å². The quantitative estimate of drug-likeness (QED) is 0.700. The van der Waals surface area contributed by atoms with Crippen molar-refractivity contribution in [3.8, 4) is 0 Å². The van der Waals surface area contributed by atoms with Crippen LogP contribution in [0, 0.1) is 0 Å². The number of morpholine rings is 1. The molecular formula is C13H19BrCl2N2O3S. The Bertz CT molecular complexity index is 581. The number of hydrogen-bond donors (Lipinski definition) is 1. The second-order valence-corrected chi connectivity index (χ2v) is 7.84. The molecule has 0 amide bonds. The molecule has 0 atom stereocenters. The van der Waals surface area contributed by atoms with Crippen molar-refractivity contribution in [2.75, 3.05) is 39.4 Å². The summed E-state index contributed by atoms with van der Waals surface area (Å²) in [6, 6.07) is 4.73. The van der Waals surface area contributed by atoms with Crippen LogP contribution < -0.4 is 4.72 Å². The minimum Gasteiger partial charge on any atom is -0.379 e. The predicted octanol–water partition coefficient (Wildman–Crippen LogP) is 2.52. The Kier molecular flexibility index (Phi) is 8.63. The van der Waals surface area contributed by atoms with Gasteiger partial charge >= 0.3 is 0 Å². The van der Waals surface area contributed by atoms with Gasteiger partial charge in [0.2, 0.25) is 10.0 Å². The van der Waals surface area contributed by atoms with Crippen molar-refractivity contribution >= 4 is 50.0 Å². The summed E-state index contributed by atoms with van der Waals surface area (Å²) in [6.07, 6.45) is 0.757. The molecule has 0 spiro atoms. The van der Waals surface area contributed by atoms with Crippen molar-refractivity contribution in [2.24, 2.45) is 0 Å². The van der Waals surface area contributed by atoms with E-state index in [9.17, 15) is 8.42 Å². The SMILES string of the molecule is Cl.O=S(=O)(NCCCN1CCOCC1)c1ccc(Br)cc1Cl. The Hall–Kier alpha value is 0.110. The summed E-state index contributed by atoms with van der Waals surface area (Å²) in [5.74, 6) is 0. The van der Waals surface area contributed by atoms with Gasteiger partial charge in [-0.2, -0.15) is 0 Å². The molecule has 1 aromatic carbocycles. The normalized spacial score (nSPS) is 16.3. The van der Waals surface area contributed by atoms with Crippen molar-refractivity contribution in [1.82, 2.24) is 9.62 Å². The zero-order valence-electron chi connectivity index (χ0n) is 11.9. The summed E-state index contributed by atoms with van der Waals surface area (Å²) in [7, 11) is -3.56. The molecule has 0 aliphatic carbocycles. The first-order valence-electron chi connectivity index (χ1n) is 6.74. The third-order valence-corrected chi connectivity index (χ3v) is 5.67. The molecule has 1 aromatic rings. The van der Waals surface area contributed by atoms with Gasteiger partial charge < -0.3 is 4.74 Å². The van der Waals surface area contributed by atoms with Gasteiger partial charge in [0.25, 0.3) is 0 Å². The second kappa shape index (κ2) is 9.42. The van der Waals surface area contributed by atoms with Gasteiger partial charge in [0.15, 0.2) is 0 Å². The standard InChI is InChI=1S/C13H18BrClN2O3S.ClH/c14-11-2-3-13(12(15)10-11)21(18,19)16-4-1-5-17-6-8-20-9-7-17;/h2-3,10,16H,1,4-9H2;1H. The van der Waals surface area contributed by atoms with E-state index in [0.717, 1.165) is 43.7 Å². The van der Waals surface area contributed by atoms with E-state index in [-0.39, 0.29) is 22.3 Å². The molecular weight excluding hydrogens is 415 g/mol. The van der Waals surface area contributed by atoms with Gasteiger partial charge in [-0.15, -0.1) is 12.4 Å². The second-order valence-electron chi connectivity index (χ2n) is 4.78. The molecule has 0 aromatic heterocycles. The Balaban J connectivity index is 0.00000242. The van der Waals surface area contributed by atoms with Crippen LogP contribution in [-0.2, 0) is 14.8 Å². The molecule has 5 nitrogen and oxygen atoms in total. The van der Waals surface area contributed by atoms with E-state index < -0.39 is 10.0 Å². The van der Waals surface area contributed by atoms with Gasteiger partial charge in [0.1, 0.15) is 4.90 Å². The van der Waals surface area contributed by atoms with Crippen LogP contribution in [0.5, 0.6) is 0 Å². The van der Waals surface area contributed by atoms with E-state index in [1.54, 1.807) is 12.1 Å². The van der Waals surface area contributed by atoms with Gasteiger partial charge in [0.05, 0.1) is 18.2 Å². The van der Waals surface area contributed by atoms with Crippen LogP contribution in [0.3, 0.4) is 0 Å². The van der Waals surface area contributed by atoms with Crippen LogP contribution in [0.2, 0.25) is 5.02 Å². The van der Waals surface area contributed by atoms with Crippen LogP contribution in [-0.4, -0.2) is 52.7 Å². The third-order valence-electron chi connectivity index (χ3n) is 3.23. The minimum absolute atomic E-state index is 0. The Morgan fingerprint density at radius 2 is 2.00 bits per heavy atom. The maximum Gasteiger partial charge on any atom is 0.242 e. The molecule has 1 aliphatic heterocycles. The Morgan fingerprint density at radius 1 is 1.32 bits per heavy atom. The fourth-order valence-electron chi connectivity index (χ4n) is 2.10. The Morgan fingerprint density at radius 3 is 2.64 bits per heavy atom. The van der Waals surface area contributed by atoms with Crippen molar-refractivity contribution in [2.45, 2.75) is 11.3 Å². The van der Waals surface area contributed by atoms with Gasteiger partial charge in [-0.1, -0.05) is 27.5 Å². The highest BCUT2D eigenvalue weighted by molar-refractivity contribution is 9.10. The lowest BCUT2D eigenvalue weighted by molar-refractivity contribution is 0.0376. The number of nitrogens with one attached hydrogen (secondary N) is 1. The monoisotopic (exact) mass is 432 g/mol. The largest absolute Gasteiger partial charge is 0.379 e. The summed E-state index contributed by atoms with van der Waals surface area (Å²) in [5.41, 5.74) is 0. The molecule has 1 aliphatic rings. The Labute approximate surface area is 150 Å². The third kappa shape index (κ3) is 5.96. The van der Waals surface area contributed by atoms with Crippen LogP contribution in [0.25, 0.3) is 0 Å². The summed E-state index contributed by atoms with van der Waals surface area (Å²) in [4.78, 5) is 2.38. The van der Waals surface area contributed by atoms with E-state index in [4.69, 9.17) is 16.3 Å². The van der Waals surface area contributed by atoms with Crippen molar-refractivity contribution in [3.63, 3.8) is 0 Å². The number of halogens is 3. The highest BCUT2D eigenvalue weighted by Gasteiger charge is 2.17. The average Bonchev–Trinajstić information content (AvgIpc) is 2.44. The van der Waals surface area contributed by atoms with E-state index in [2.05, 4.69) is 25.6 Å². The number of nitrogens with zero attached hydrogens (tertiary/aromatic N) is 1. The van der Waals surface area contributed by atoms with Crippen molar-refractivity contribution < 1.29 is 13.2 Å². The number of hydrogen-bond acceptors (Lipinski definition) is 4. The fourth-order valence-corrected chi connectivity index (χ4v) is 4.21. The van der Waals surface area contributed by atoms with Crippen molar-refractivity contribution in [3.05, 3.63) is 27.7 Å². The molecule has 0 radical (unpaired) electrons. The van der Waals surface area contributed by atoms with Crippen molar-refractivity contribution in [1.29, 1.82) is 0 Å². The molecule has 1 heterocycles. The first-order chi connectivity index (χ1) is 9.99. The zero-order chi connectivity index (χ0) is 15.3. The highest BCUT2D eigenvalue weighted by atomic mass is 79.9. The molecule has 0 unspecified atom stereocenters. The van der Waals surface area contributed by atoms with Gasteiger partial charge in [-0.25, -0.2) is 13.1 Å². The molecule has 1 N–H and O–H groups in total. The lowest BCUT2D eigenvalue weighted by Crippen LogP contribution is -2.38. The summed E-state index contributed by atoms with van der Waals surface area (Å²) in [5, 5.41) is 0.213. The molecule has 1 fully saturated rings.